The molecule has 0 aromatic carbocycles. The number of aromatic nitrogens is 10. The highest BCUT2D eigenvalue weighted by Crippen LogP contribution is 2.62. The standard InChI is InChI=1S/C58H79N11O32P4S3/c1-10-31-32(13-36(93-31)66-16-25(3)45(71)61-53(66)76)98-103(82,106)87-20-34-33(14-37(94-34)65-15-24(2)44(59)60-52(65)75)99-105(84,108)90-23-58-30(8)91-40(50(97-58)68-18-27(5)47(73)63-55(68)78)42(58)100-102(80,81)89-22-57-29(7)92-41(51(96-57)69-19-28(6)48(74)64-56(69)79)43(57)101-104(83,107)88-21-35-38(70)39(86-12-11-85-9)49(95-35)67-17-26(4)46(72)62-54(67)77/h15-19,29-43,49-51,70H,10-14,20-23H2,1-9H3,(H,80,81)(H,82,106)(H,83,107)(H,84,108)(H2,59,60,75)(H,61,71,76)(H,62,72,77)(H,63,73,78)(H,64,74,79)/t29-,30-,31+,32?,33?,34+,35+,36+,37+,38?,39-,40-,41-,42?,43?,49+,50+,51+,57-,58-,103?,104?,105?/m0/s1. The van der Waals surface area contributed by atoms with Crippen LogP contribution < -0.4 is 56.4 Å². The number of fused-ring (bicyclic) bond motifs is 4. The molecule has 5 aromatic rings. The molecule has 108 heavy (non-hydrogen) atoms. The molecule has 7 saturated heterocycles. The Balaban J connectivity index is 0.795. The number of methoxy groups -OCH3 is 1. The Labute approximate surface area is 623 Å². The highest BCUT2D eigenvalue weighted by molar-refractivity contribution is 8.07. The number of aryl methyl sites for hydroxylation is 5. The number of phosphoric acid groups is 1. The number of aromatic amines is 4. The lowest BCUT2D eigenvalue weighted by molar-refractivity contribution is -0.219. The predicted molar refractivity (Wildman–Crippen MR) is 378 cm³/mol. The van der Waals surface area contributed by atoms with Crippen molar-refractivity contribution in [1.29, 1.82) is 0 Å². The second-order valence-corrected chi connectivity index (χ2v) is 36.5. The SMILES string of the molecule is CC[C@H]1O[C@@H](n2cc(C)c(=O)[nH]c2=O)CC1OP(O)(=S)OC[C@H]1O[C@@H](n2cc(C)c(N)nc2=O)CC1OP(O)(=S)OC[C@]12O[C@@H](n3cc(C)c(=O)[nH]c3=O)[C@@H](O[C@H]1C)C2OP(=O)(O)OC[C@]12O[C@@H](n3cc(C)c(=O)[nH]c3=O)[C@@H](O[C@H]1C)C2OP(O)(=S)OC[C@H]1O[C@@H](n2cc(C)c(=O)[nH]c2=O)[C@@H](OCCOC)C1O. The first-order valence-corrected chi connectivity index (χ1v) is 42.6. The van der Waals surface area contributed by atoms with E-state index in [-0.39, 0.29) is 54.1 Å². The number of anilines is 1. The van der Waals surface area contributed by atoms with Crippen molar-refractivity contribution in [2.45, 2.75) is 196 Å². The first-order chi connectivity index (χ1) is 50.7. The number of nitrogen functional groups attached to an aromatic ring is 1. The van der Waals surface area contributed by atoms with Crippen molar-refractivity contribution in [3.63, 3.8) is 0 Å². The van der Waals surface area contributed by atoms with E-state index >= 15 is 4.57 Å². The topological polar surface area (TPSA) is 555 Å². The molecule has 11 N–H and O–H groups in total. The molecule has 24 atom stereocenters. The number of H-pyrrole nitrogens is 4. The molecule has 9 unspecified atom stereocenters. The highest BCUT2D eigenvalue weighted by atomic mass is 32.5. The molecule has 596 valence electrons. The smallest absolute Gasteiger partial charge is 0.387 e. The van der Waals surface area contributed by atoms with Gasteiger partial charge in [-0.05, 0) is 90.3 Å². The molecule has 12 heterocycles. The van der Waals surface area contributed by atoms with Crippen LogP contribution >= 0.6 is 28.0 Å². The van der Waals surface area contributed by atoms with Gasteiger partial charge in [0.15, 0.2) is 18.7 Å². The Hall–Kier alpha value is -5.30. The minimum atomic E-state index is -5.73. The van der Waals surface area contributed by atoms with Crippen LogP contribution in [-0.2, 0) is 119 Å². The molecule has 12 rings (SSSR count). The van der Waals surface area contributed by atoms with Crippen LogP contribution in [0.4, 0.5) is 5.82 Å². The summed E-state index contributed by atoms with van der Waals surface area (Å²) in [5, 5.41) is 11.6. The van der Waals surface area contributed by atoms with Crippen molar-refractivity contribution in [3.8, 4) is 0 Å². The minimum Gasteiger partial charge on any atom is -0.387 e. The molecule has 4 bridgehead atoms. The molecule has 5 aromatic heterocycles. The van der Waals surface area contributed by atoms with Gasteiger partial charge in [0.1, 0.15) is 78.3 Å². The highest BCUT2D eigenvalue weighted by Gasteiger charge is 2.71. The van der Waals surface area contributed by atoms with Crippen LogP contribution in [0.15, 0.2) is 74.1 Å². The summed E-state index contributed by atoms with van der Waals surface area (Å²) in [4.78, 5) is 177. The molecule has 0 spiro atoms. The zero-order chi connectivity index (χ0) is 78.4. The molecule has 0 aliphatic carbocycles. The number of nitrogens with one attached hydrogen (secondary N) is 4. The lowest BCUT2D eigenvalue weighted by Crippen LogP contribution is -2.52. The third-order valence-corrected chi connectivity index (χ3v) is 25.2. The maximum absolute atomic E-state index is 15.0. The Kier molecular flexibility index (Phi) is 24.0. The Bertz CT molecular complexity index is 5060. The first-order valence-electron chi connectivity index (χ1n) is 33.4. The van der Waals surface area contributed by atoms with Crippen LogP contribution in [0.1, 0.15) is 99.0 Å². The van der Waals surface area contributed by atoms with Crippen molar-refractivity contribution < 1.29 is 108 Å². The fourth-order valence-corrected chi connectivity index (χ4v) is 19.2. The Morgan fingerprint density at radius 2 is 0.963 bits per heavy atom. The fourth-order valence-electron chi connectivity index (χ4n) is 13.8. The second kappa shape index (κ2) is 31.6. The van der Waals surface area contributed by atoms with Crippen molar-refractivity contribution in [1.82, 2.24) is 47.8 Å². The van der Waals surface area contributed by atoms with Gasteiger partial charge in [-0.1, -0.05) is 6.92 Å². The number of aliphatic hydroxyl groups is 1. The van der Waals surface area contributed by atoms with Crippen molar-refractivity contribution in [2.75, 3.05) is 52.5 Å². The largest absolute Gasteiger partial charge is 0.472 e. The van der Waals surface area contributed by atoms with E-state index in [9.17, 15) is 67.8 Å². The predicted octanol–water partition coefficient (Wildman–Crippen LogP) is -1.69. The molecule has 0 radical (unpaired) electrons. The van der Waals surface area contributed by atoms with Crippen LogP contribution in [0.2, 0.25) is 0 Å². The fraction of sp³-hybridized carbons (Fsp3) is 0.655. The number of nitrogens with two attached hydrogens (primary N) is 1. The zero-order valence-corrected chi connectivity index (χ0v) is 64.7. The van der Waals surface area contributed by atoms with Gasteiger partial charge in [-0.2, -0.15) is 4.98 Å². The summed E-state index contributed by atoms with van der Waals surface area (Å²) in [5.74, 6) is -0.0922. The number of hydrogen-bond donors (Lipinski definition) is 10. The van der Waals surface area contributed by atoms with Crippen LogP contribution in [0, 0.1) is 34.6 Å². The number of nitrogens with zero attached hydrogens (tertiary/aromatic N) is 6. The summed E-state index contributed by atoms with van der Waals surface area (Å²) in [6.45, 7) is -5.69. The normalized spacial score (nSPS) is 33.7. The van der Waals surface area contributed by atoms with Crippen LogP contribution in [0.3, 0.4) is 0 Å². The van der Waals surface area contributed by atoms with Gasteiger partial charge >= 0.3 is 56.4 Å². The number of aliphatic hydroxyl groups excluding tert-OH is 1. The average Bonchev–Trinajstić information content (AvgIpc) is 1.55. The van der Waals surface area contributed by atoms with Crippen molar-refractivity contribution in [2.24, 2.45) is 0 Å². The number of phosphoric ester groups is 1. The monoisotopic (exact) mass is 1660 g/mol. The number of rotatable bonds is 30. The van der Waals surface area contributed by atoms with E-state index in [2.05, 4.69) is 24.9 Å². The van der Waals surface area contributed by atoms with Crippen molar-refractivity contribution >= 4 is 69.2 Å². The van der Waals surface area contributed by atoms with E-state index in [0.717, 1.165) is 30.7 Å². The van der Waals surface area contributed by atoms with Gasteiger partial charge < -0.3 is 95.7 Å². The quantitative estimate of drug-likeness (QED) is 0.0181. The van der Waals surface area contributed by atoms with Gasteiger partial charge in [0.05, 0.1) is 70.2 Å². The lowest BCUT2D eigenvalue weighted by atomic mass is 9.94. The molecule has 7 aliphatic rings. The van der Waals surface area contributed by atoms with E-state index in [4.69, 9.17) is 120 Å². The molecule has 43 nitrogen and oxygen atoms in total. The summed E-state index contributed by atoms with van der Waals surface area (Å²) in [6, 6.07) is 0. The van der Waals surface area contributed by atoms with Gasteiger partial charge in [0, 0.05) is 78.8 Å². The Morgan fingerprint density at radius 1 is 0.546 bits per heavy atom. The van der Waals surface area contributed by atoms with E-state index in [1.165, 1.54) is 71.8 Å². The summed E-state index contributed by atoms with van der Waals surface area (Å²) in [6.07, 6.45) is -19.1. The lowest BCUT2D eigenvalue weighted by Gasteiger charge is -2.38. The van der Waals surface area contributed by atoms with E-state index in [0.29, 0.717) is 12.0 Å². The molecule has 7 fully saturated rings. The molecular formula is C58H79N11O32P4S3. The molecule has 50 heteroatoms. The maximum Gasteiger partial charge on any atom is 0.472 e. The van der Waals surface area contributed by atoms with E-state index < -0.39 is 227 Å². The zero-order valence-electron chi connectivity index (χ0n) is 58.7. The van der Waals surface area contributed by atoms with Crippen LogP contribution in [-0.4, -0.2) is 210 Å². The average molecular weight is 1660 g/mol. The van der Waals surface area contributed by atoms with Gasteiger partial charge in [0.2, 0.25) is 0 Å². The minimum absolute atomic E-state index is 0.00484. The number of hydrogen-bond acceptors (Lipinski definition) is 33. The van der Waals surface area contributed by atoms with E-state index in [1.54, 1.807) is 13.8 Å². The third kappa shape index (κ3) is 16.6. The van der Waals surface area contributed by atoms with Crippen LogP contribution in [0.5, 0.6) is 0 Å². The van der Waals surface area contributed by atoms with Crippen LogP contribution in [0.25, 0.3) is 0 Å². The van der Waals surface area contributed by atoms with Gasteiger partial charge in [0.25, 0.3) is 22.2 Å². The molecule has 0 amide bonds. The molecular weight excluding hydrogens is 1580 g/mol. The molecule has 7 aliphatic heterocycles. The van der Waals surface area contributed by atoms with Gasteiger partial charge in [-0.15, -0.1) is 0 Å². The number of ether oxygens (including phenoxy) is 9. The summed E-state index contributed by atoms with van der Waals surface area (Å²) in [5.41, 5.74) is -5.33. The Morgan fingerprint density at radius 3 is 1.47 bits per heavy atom. The maximum atomic E-state index is 15.0. The second-order valence-electron chi connectivity index (χ2n) is 26.7. The summed E-state index contributed by atoms with van der Waals surface area (Å²) < 4.78 is 123. The third-order valence-electron chi connectivity index (χ3n) is 19.5. The van der Waals surface area contributed by atoms with Gasteiger partial charge in [-0.3, -0.25) is 75.5 Å². The van der Waals surface area contributed by atoms with E-state index in [1.807, 2.05) is 0 Å². The summed E-state index contributed by atoms with van der Waals surface area (Å²) >= 11 is 16.7. The molecule has 0 saturated carbocycles. The van der Waals surface area contributed by atoms with Crippen molar-refractivity contribution in [3.05, 3.63) is 153 Å². The van der Waals surface area contributed by atoms with Gasteiger partial charge in [-0.25, -0.2) is 28.5 Å². The first kappa shape index (κ1) is 82.2. The summed E-state index contributed by atoms with van der Waals surface area (Å²) in [7, 11) is -4.34.